The van der Waals surface area contributed by atoms with Gasteiger partial charge in [0.1, 0.15) is 11.6 Å². The second-order valence-corrected chi connectivity index (χ2v) is 3.38. The van der Waals surface area contributed by atoms with Gasteiger partial charge in [-0.1, -0.05) is 6.92 Å². The lowest BCUT2D eigenvalue weighted by Gasteiger charge is -2.11. The number of hydrogen-bond donors (Lipinski definition) is 2. The van der Waals surface area contributed by atoms with Crippen LogP contribution in [0.25, 0.3) is 0 Å². The van der Waals surface area contributed by atoms with Gasteiger partial charge in [-0.3, -0.25) is 0 Å². The van der Waals surface area contributed by atoms with E-state index in [0.29, 0.717) is 6.42 Å². The van der Waals surface area contributed by atoms with Gasteiger partial charge in [0, 0.05) is 13.2 Å². The van der Waals surface area contributed by atoms with Crippen LogP contribution in [0, 0.1) is 6.92 Å². The summed E-state index contributed by atoms with van der Waals surface area (Å²) in [6.45, 7) is 4.98. The number of aromatic nitrogens is 3. The first-order valence-electron chi connectivity index (χ1n) is 4.96. The SMILES string of the molecule is CCCn1c(C)nnc1C(N)CCO. The summed E-state index contributed by atoms with van der Waals surface area (Å²) in [5.74, 6) is 1.66. The molecule has 0 spiro atoms. The Morgan fingerprint density at radius 2 is 2.21 bits per heavy atom. The lowest BCUT2D eigenvalue weighted by atomic mass is 10.2. The first-order valence-corrected chi connectivity index (χ1v) is 4.96. The number of hydrogen-bond acceptors (Lipinski definition) is 4. The molecule has 5 heteroatoms. The molecule has 0 aliphatic heterocycles. The molecule has 1 aromatic heterocycles. The lowest BCUT2D eigenvalue weighted by Crippen LogP contribution is -2.18. The summed E-state index contributed by atoms with van der Waals surface area (Å²) in [7, 11) is 0. The van der Waals surface area contributed by atoms with Crippen molar-refractivity contribution in [2.24, 2.45) is 5.73 Å². The van der Waals surface area contributed by atoms with Crippen molar-refractivity contribution in [3.05, 3.63) is 11.6 Å². The standard InChI is InChI=1S/C9H18N4O/c1-3-5-13-7(2)11-12-9(13)8(10)4-6-14/h8,14H,3-6,10H2,1-2H3. The number of nitrogens with two attached hydrogens (primary N) is 1. The summed E-state index contributed by atoms with van der Waals surface area (Å²) >= 11 is 0. The average molecular weight is 198 g/mol. The fourth-order valence-corrected chi connectivity index (χ4v) is 1.44. The molecule has 3 N–H and O–H groups in total. The second-order valence-electron chi connectivity index (χ2n) is 3.38. The minimum Gasteiger partial charge on any atom is -0.396 e. The Kier molecular flexibility index (Phi) is 4.03. The summed E-state index contributed by atoms with van der Waals surface area (Å²) in [6.07, 6.45) is 1.56. The molecular weight excluding hydrogens is 180 g/mol. The van der Waals surface area contributed by atoms with E-state index in [2.05, 4.69) is 17.1 Å². The van der Waals surface area contributed by atoms with Gasteiger partial charge in [-0.15, -0.1) is 10.2 Å². The molecule has 14 heavy (non-hydrogen) atoms. The van der Waals surface area contributed by atoms with Gasteiger partial charge < -0.3 is 15.4 Å². The minimum atomic E-state index is -0.215. The predicted molar refractivity (Wildman–Crippen MR) is 53.7 cm³/mol. The number of aliphatic hydroxyl groups is 1. The summed E-state index contributed by atoms with van der Waals surface area (Å²) in [6, 6.07) is -0.215. The van der Waals surface area contributed by atoms with Crippen molar-refractivity contribution >= 4 is 0 Å². The van der Waals surface area contributed by atoms with Crippen LogP contribution >= 0.6 is 0 Å². The van der Waals surface area contributed by atoms with E-state index in [9.17, 15) is 0 Å². The molecule has 0 radical (unpaired) electrons. The normalized spacial score (nSPS) is 13.1. The van der Waals surface area contributed by atoms with Crippen molar-refractivity contribution < 1.29 is 5.11 Å². The molecule has 0 aliphatic rings. The molecule has 0 aliphatic carbocycles. The molecule has 1 heterocycles. The first-order chi connectivity index (χ1) is 6.70. The summed E-state index contributed by atoms with van der Waals surface area (Å²) in [4.78, 5) is 0. The van der Waals surface area contributed by atoms with E-state index in [1.165, 1.54) is 0 Å². The molecule has 80 valence electrons. The van der Waals surface area contributed by atoms with Gasteiger partial charge in [0.15, 0.2) is 0 Å². The predicted octanol–water partition coefficient (Wildman–Crippen LogP) is 0.379. The first kappa shape index (κ1) is 11.1. The zero-order valence-electron chi connectivity index (χ0n) is 8.77. The Morgan fingerprint density at radius 1 is 1.50 bits per heavy atom. The van der Waals surface area contributed by atoms with Crippen LogP contribution in [0.4, 0.5) is 0 Å². The number of aryl methyl sites for hydroxylation is 1. The summed E-state index contributed by atoms with van der Waals surface area (Å²) in [5.41, 5.74) is 5.87. The zero-order valence-corrected chi connectivity index (χ0v) is 8.77. The highest BCUT2D eigenvalue weighted by molar-refractivity contribution is 4.99. The van der Waals surface area contributed by atoms with Gasteiger partial charge in [-0.2, -0.15) is 0 Å². The molecule has 0 amide bonds. The second kappa shape index (κ2) is 5.07. The van der Waals surface area contributed by atoms with Gasteiger partial charge in [0.25, 0.3) is 0 Å². The maximum Gasteiger partial charge on any atom is 0.150 e. The van der Waals surface area contributed by atoms with E-state index in [0.717, 1.165) is 24.6 Å². The van der Waals surface area contributed by atoms with Gasteiger partial charge >= 0.3 is 0 Å². The monoisotopic (exact) mass is 198 g/mol. The quantitative estimate of drug-likeness (QED) is 0.717. The van der Waals surface area contributed by atoms with Crippen LogP contribution < -0.4 is 5.73 Å². The number of aliphatic hydroxyl groups excluding tert-OH is 1. The molecule has 0 fully saturated rings. The Morgan fingerprint density at radius 3 is 2.79 bits per heavy atom. The topological polar surface area (TPSA) is 77.0 Å². The third kappa shape index (κ3) is 2.30. The van der Waals surface area contributed by atoms with Crippen molar-refractivity contribution in [3.8, 4) is 0 Å². The molecule has 1 rings (SSSR count). The molecule has 0 bridgehead atoms. The van der Waals surface area contributed by atoms with Crippen molar-refractivity contribution in [1.82, 2.24) is 14.8 Å². The lowest BCUT2D eigenvalue weighted by molar-refractivity contribution is 0.273. The Bertz CT molecular complexity index is 284. The Labute approximate surface area is 83.9 Å². The van der Waals surface area contributed by atoms with Crippen molar-refractivity contribution in [3.63, 3.8) is 0 Å². The molecule has 0 aromatic carbocycles. The van der Waals surface area contributed by atoms with E-state index in [-0.39, 0.29) is 12.6 Å². The zero-order chi connectivity index (χ0) is 10.6. The van der Waals surface area contributed by atoms with Gasteiger partial charge in [-0.05, 0) is 19.8 Å². The van der Waals surface area contributed by atoms with Gasteiger partial charge in [0.2, 0.25) is 0 Å². The highest BCUT2D eigenvalue weighted by Gasteiger charge is 2.14. The van der Waals surface area contributed by atoms with Crippen molar-refractivity contribution in [2.75, 3.05) is 6.61 Å². The van der Waals surface area contributed by atoms with E-state index < -0.39 is 0 Å². The number of rotatable bonds is 5. The molecule has 1 unspecified atom stereocenters. The minimum absolute atomic E-state index is 0.0825. The third-order valence-electron chi connectivity index (χ3n) is 2.18. The van der Waals surface area contributed by atoms with Crippen LogP contribution in [0.1, 0.15) is 37.5 Å². The van der Waals surface area contributed by atoms with E-state index in [1.54, 1.807) is 0 Å². The maximum absolute atomic E-state index is 8.79. The Hall–Kier alpha value is -0.940. The van der Waals surface area contributed by atoms with Gasteiger partial charge in [0.05, 0.1) is 6.04 Å². The van der Waals surface area contributed by atoms with Crippen LogP contribution in [0.2, 0.25) is 0 Å². The summed E-state index contributed by atoms with van der Waals surface area (Å²) < 4.78 is 2.01. The number of nitrogens with zero attached hydrogens (tertiary/aromatic N) is 3. The van der Waals surface area contributed by atoms with Crippen LogP contribution in [-0.2, 0) is 6.54 Å². The van der Waals surface area contributed by atoms with E-state index in [4.69, 9.17) is 10.8 Å². The molecule has 5 nitrogen and oxygen atoms in total. The molecular formula is C9H18N4O. The van der Waals surface area contributed by atoms with E-state index >= 15 is 0 Å². The summed E-state index contributed by atoms with van der Waals surface area (Å²) in [5, 5.41) is 16.8. The molecule has 0 saturated carbocycles. The van der Waals surface area contributed by atoms with Gasteiger partial charge in [-0.25, -0.2) is 0 Å². The van der Waals surface area contributed by atoms with Crippen LogP contribution in [0.5, 0.6) is 0 Å². The van der Waals surface area contributed by atoms with Crippen LogP contribution in [-0.4, -0.2) is 26.5 Å². The molecule has 0 saturated heterocycles. The van der Waals surface area contributed by atoms with E-state index in [1.807, 2.05) is 11.5 Å². The smallest absolute Gasteiger partial charge is 0.150 e. The van der Waals surface area contributed by atoms with Crippen molar-refractivity contribution in [2.45, 2.75) is 39.3 Å². The fraction of sp³-hybridized carbons (Fsp3) is 0.778. The largest absolute Gasteiger partial charge is 0.396 e. The Balaban J connectivity index is 2.84. The average Bonchev–Trinajstić information content (AvgIpc) is 2.50. The highest BCUT2D eigenvalue weighted by atomic mass is 16.3. The third-order valence-corrected chi connectivity index (χ3v) is 2.18. The van der Waals surface area contributed by atoms with Crippen LogP contribution in [0.3, 0.4) is 0 Å². The molecule has 1 atom stereocenters. The molecule has 1 aromatic rings. The maximum atomic E-state index is 8.79. The fourth-order valence-electron chi connectivity index (χ4n) is 1.44. The van der Waals surface area contributed by atoms with Crippen LogP contribution in [0.15, 0.2) is 0 Å². The van der Waals surface area contributed by atoms with Crippen molar-refractivity contribution in [1.29, 1.82) is 0 Å². The highest BCUT2D eigenvalue weighted by Crippen LogP contribution is 2.13.